The van der Waals surface area contributed by atoms with E-state index in [9.17, 15) is 4.79 Å². The van der Waals surface area contributed by atoms with Gasteiger partial charge in [-0.3, -0.25) is 9.78 Å². The highest BCUT2D eigenvalue weighted by atomic mass is 16.3. The summed E-state index contributed by atoms with van der Waals surface area (Å²) < 4.78 is 5.84. The Morgan fingerprint density at radius 2 is 1.74 bits per heavy atom. The molecule has 0 aliphatic carbocycles. The molecule has 0 unspecified atom stereocenters. The lowest BCUT2D eigenvalue weighted by Gasteiger charge is -2.07. The van der Waals surface area contributed by atoms with Crippen molar-refractivity contribution in [2.24, 2.45) is 0 Å². The molecule has 3 aromatic carbocycles. The van der Waals surface area contributed by atoms with Crippen molar-refractivity contribution in [1.29, 1.82) is 0 Å². The Kier molecular flexibility index (Phi) is 3.61. The Balaban J connectivity index is 1.44. The highest BCUT2D eigenvalue weighted by Gasteiger charge is 2.11. The van der Waals surface area contributed by atoms with Crippen molar-refractivity contribution in [2.75, 3.05) is 5.32 Å². The first-order chi connectivity index (χ1) is 13.3. The van der Waals surface area contributed by atoms with Crippen LogP contribution in [0.2, 0.25) is 0 Å². The smallest absolute Gasteiger partial charge is 0.228 e. The first-order valence-electron chi connectivity index (χ1n) is 8.82. The lowest BCUT2D eigenvalue weighted by molar-refractivity contribution is -0.115. The van der Waals surface area contributed by atoms with E-state index >= 15 is 0 Å². The minimum atomic E-state index is -0.0692. The van der Waals surface area contributed by atoms with E-state index in [-0.39, 0.29) is 12.3 Å². The zero-order valence-electron chi connectivity index (χ0n) is 14.5. The Morgan fingerprint density at radius 3 is 2.70 bits per heavy atom. The van der Waals surface area contributed by atoms with Gasteiger partial charge in [-0.25, -0.2) is 0 Å². The topological polar surface area (TPSA) is 55.1 Å². The highest BCUT2D eigenvalue weighted by molar-refractivity contribution is 6.07. The lowest BCUT2D eigenvalue weighted by Crippen LogP contribution is -2.14. The van der Waals surface area contributed by atoms with Gasteiger partial charge in [-0.2, -0.15) is 0 Å². The quantitative estimate of drug-likeness (QED) is 0.478. The SMILES string of the molecule is O=C(Cc1cccc2cccnc12)Nc1ccc2oc3ccccc3c2c1. The number of furan rings is 1. The maximum absolute atomic E-state index is 12.6. The molecule has 27 heavy (non-hydrogen) atoms. The molecule has 2 aromatic heterocycles. The van der Waals surface area contributed by atoms with Crippen LogP contribution in [-0.2, 0) is 11.2 Å². The number of hydrogen-bond acceptors (Lipinski definition) is 3. The number of nitrogens with zero attached hydrogens (tertiary/aromatic N) is 1. The maximum Gasteiger partial charge on any atom is 0.228 e. The summed E-state index contributed by atoms with van der Waals surface area (Å²) in [6.45, 7) is 0. The van der Waals surface area contributed by atoms with E-state index in [2.05, 4.69) is 10.3 Å². The van der Waals surface area contributed by atoms with Crippen LogP contribution in [0.15, 0.2) is 83.4 Å². The van der Waals surface area contributed by atoms with Crippen LogP contribution >= 0.6 is 0 Å². The molecule has 0 spiro atoms. The lowest BCUT2D eigenvalue weighted by atomic mass is 10.1. The molecular formula is C23H16N2O2. The van der Waals surface area contributed by atoms with E-state index in [1.54, 1.807) is 6.20 Å². The van der Waals surface area contributed by atoms with Gasteiger partial charge in [-0.15, -0.1) is 0 Å². The van der Waals surface area contributed by atoms with Crippen molar-refractivity contribution in [3.63, 3.8) is 0 Å². The monoisotopic (exact) mass is 352 g/mol. The second kappa shape index (κ2) is 6.25. The Labute approximate surface area is 155 Å². The molecule has 0 bridgehead atoms. The average Bonchev–Trinajstić information content (AvgIpc) is 3.06. The number of aromatic nitrogens is 1. The largest absolute Gasteiger partial charge is 0.456 e. The zero-order chi connectivity index (χ0) is 18.2. The fourth-order valence-corrected chi connectivity index (χ4v) is 3.49. The number of anilines is 1. The molecule has 1 N–H and O–H groups in total. The number of benzene rings is 3. The van der Waals surface area contributed by atoms with Crippen LogP contribution in [0, 0.1) is 0 Å². The van der Waals surface area contributed by atoms with Crippen molar-refractivity contribution < 1.29 is 9.21 Å². The van der Waals surface area contributed by atoms with Crippen molar-refractivity contribution in [3.05, 3.63) is 84.6 Å². The third-order valence-corrected chi connectivity index (χ3v) is 4.73. The van der Waals surface area contributed by atoms with E-state index in [0.29, 0.717) is 0 Å². The molecule has 2 heterocycles. The minimum absolute atomic E-state index is 0.0692. The average molecular weight is 352 g/mol. The van der Waals surface area contributed by atoms with E-state index in [0.717, 1.165) is 44.1 Å². The van der Waals surface area contributed by atoms with E-state index in [1.807, 2.05) is 72.8 Å². The number of carbonyl (C=O) groups excluding carboxylic acids is 1. The van der Waals surface area contributed by atoms with Crippen molar-refractivity contribution >= 4 is 44.4 Å². The summed E-state index contributed by atoms with van der Waals surface area (Å²) in [5.41, 5.74) is 4.20. The second-order valence-electron chi connectivity index (χ2n) is 6.53. The van der Waals surface area contributed by atoms with Crippen LogP contribution in [0.3, 0.4) is 0 Å². The van der Waals surface area contributed by atoms with Gasteiger partial charge in [-0.05, 0) is 35.9 Å². The van der Waals surface area contributed by atoms with Gasteiger partial charge in [0.15, 0.2) is 0 Å². The molecule has 1 amide bonds. The normalized spacial score (nSPS) is 11.3. The summed E-state index contributed by atoms with van der Waals surface area (Å²) in [6, 6.07) is 23.4. The number of fused-ring (bicyclic) bond motifs is 4. The number of nitrogens with one attached hydrogen (secondary N) is 1. The molecule has 0 radical (unpaired) electrons. The first kappa shape index (κ1) is 15.6. The molecule has 0 fully saturated rings. The molecule has 0 aliphatic heterocycles. The summed E-state index contributed by atoms with van der Waals surface area (Å²) in [5.74, 6) is -0.0692. The van der Waals surface area contributed by atoms with Crippen LogP contribution in [0.4, 0.5) is 5.69 Å². The number of amides is 1. The molecule has 0 saturated carbocycles. The molecule has 4 nitrogen and oxygen atoms in total. The van der Waals surface area contributed by atoms with Gasteiger partial charge in [0.25, 0.3) is 0 Å². The molecule has 5 rings (SSSR count). The summed E-state index contributed by atoms with van der Waals surface area (Å²) in [7, 11) is 0. The van der Waals surface area contributed by atoms with Gasteiger partial charge in [0, 0.05) is 28.0 Å². The zero-order valence-corrected chi connectivity index (χ0v) is 14.5. The Morgan fingerprint density at radius 1 is 0.889 bits per heavy atom. The van der Waals surface area contributed by atoms with Crippen molar-refractivity contribution in [1.82, 2.24) is 4.98 Å². The number of hydrogen-bond donors (Lipinski definition) is 1. The summed E-state index contributed by atoms with van der Waals surface area (Å²) >= 11 is 0. The van der Waals surface area contributed by atoms with Crippen LogP contribution in [0.25, 0.3) is 32.8 Å². The van der Waals surface area contributed by atoms with E-state index in [1.165, 1.54) is 0 Å². The molecule has 5 aromatic rings. The van der Waals surface area contributed by atoms with Crippen molar-refractivity contribution in [3.8, 4) is 0 Å². The van der Waals surface area contributed by atoms with Crippen LogP contribution < -0.4 is 5.32 Å². The number of pyridine rings is 1. The Bertz CT molecular complexity index is 1300. The fraction of sp³-hybridized carbons (Fsp3) is 0.0435. The molecule has 0 aliphatic rings. The highest BCUT2D eigenvalue weighted by Crippen LogP contribution is 2.30. The molecule has 4 heteroatoms. The van der Waals surface area contributed by atoms with E-state index < -0.39 is 0 Å². The number of rotatable bonds is 3. The predicted octanol–water partition coefficient (Wildman–Crippen LogP) is 5.32. The van der Waals surface area contributed by atoms with Crippen LogP contribution in [0.1, 0.15) is 5.56 Å². The van der Waals surface area contributed by atoms with Gasteiger partial charge in [-0.1, -0.05) is 42.5 Å². The fourth-order valence-electron chi connectivity index (χ4n) is 3.49. The predicted molar refractivity (Wildman–Crippen MR) is 108 cm³/mol. The van der Waals surface area contributed by atoms with Crippen LogP contribution in [-0.4, -0.2) is 10.9 Å². The number of para-hydroxylation sites is 2. The second-order valence-corrected chi connectivity index (χ2v) is 6.53. The van der Waals surface area contributed by atoms with Gasteiger partial charge in [0.05, 0.1) is 11.9 Å². The Hall–Kier alpha value is -3.66. The standard InChI is InChI=1S/C23H16N2O2/c26-22(13-16-6-3-5-15-7-4-12-24-23(15)16)25-17-10-11-21-19(14-17)18-8-1-2-9-20(18)27-21/h1-12,14H,13H2,(H,25,26). The van der Waals surface area contributed by atoms with Crippen molar-refractivity contribution in [2.45, 2.75) is 6.42 Å². The molecular weight excluding hydrogens is 336 g/mol. The minimum Gasteiger partial charge on any atom is -0.456 e. The molecule has 0 atom stereocenters. The summed E-state index contributed by atoms with van der Waals surface area (Å²) in [4.78, 5) is 17.0. The molecule has 130 valence electrons. The van der Waals surface area contributed by atoms with Gasteiger partial charge < -0.3 is 9.73 Å². The third kappa shape index (κ3) is 2.81. The van der Waals surface area contributed by atoms with Gasteiger partial charge in [0.1, 0.15) is 11.2 Å². The van der Waals surface area contributed by atoms with E-state index in [4.69, 9.17) is 4.42 Å². The van der Waals surface area contributed by atoms with Gasteiger partial charge >= 0.3 is 0 Å². The number of carbonyl (C=O) groups is 1. The summed E-state index contributed by atoms with van der Waals surface area (Å²) in [6.07, 6.45) is 2.03. The molecule has 0 saturated heterocycles. The van der Waals surface area contributed by atoms with Crippen LogP contribution in [0.5, 0.6) is 0 Å². The third-order valence-electron chi connectivity index (χ3n) is 4.73. The van der Waals surface area contributed by atoms with Gasteiger partial charge in [0.2, 0.25) is 5.91 Å². The first-order valence-corrected chi connectivity index (χ1v) is 8.82. The maximum atomic E-state index is 12.6. The summed E-state index contributed by atoms with van der Waals surface area (Å²) in [5, 5.41) is 6.07.